The number of carbonyl (C=O) groups excluding carboxylic acids is 1. The zero-order valence-electron chi connectivity index (χ0n) is 11.8. The number of likely N-dealkylation sites (N-methyl/N-ethyl adjacent to an activating group) is 1. The van der Waals surface area contributed by atoms with Gasteiger partial charge in [0.25, 0.3) is 0 Å². The second-order valence-electron chi connectivity index (χ2n) is 5.22. The zero-order chi connectivity index (χ0) is 14.1. The fraction of sp³-hybridized carbons (Fsp3) is 0.429. The summed E-state index contributed by atoms with van der Waals surface area (Å²) in [6.45, 7) is 2.27. The van der Waals surface area contributed by atoms with E-state index in [9.17, 15) is 4.79 Å². The molecule has 106 valence electrons. The van der Waals surface area contributed by atoms with Crippen LogP contribution in [0.25, 0.3) is 11.0 Å². The largest absolute Gasteiger partial charge is 0.347 e. The third-order valence-corrected chi connectivity index (χ3v) is 3.62. The minimum atomic E-state index is -0.209. The summed E-state index contributed by atoms with van der Waals surface area (Å²) in [6, 6.07) is 7.70. The molecule has 0 saturated carbocycles. The van der Waals surface area contributed by atoms with Crippen molar-refractivity contribution in [2.24, 2.45) is 0 Å². The number of imidazole rings is 1. The van der Waals surface area contributed by atoms with Crippen molar-refractivity contribution < 1.29 is 4.79 Å². The van der Waals surface area contributed by atoms with E-state index < -0.39 is 0 Å². The molecule has 1 fully saturated rings. The van der Waals surface area contributed by atoms with Crippen molar-refractivity contribution >= 4 is 22.9 Å². The van der Waals surface area contributed by atoms with Crippen LogP contribution < -0.4 is 10.2 Å². The molecule has 6 heteroatoms. The average molecular weight is 273 g/mol. The first-order valence-electron chi connectivity index (χ1n) is 6.80. The first-order valence-corrected chi connectivity index (χ1v) is 6.80. The summed E-state index contributed by atoms with van der Waals surface area (Å²) in [5.41, 5.74) is 1.93. The summed E-state index contributed by atoms with van der Waals surface area (Å²) in [5.74, 6) is 0.866. The number of para-hydroxylation sites is 2. The summed E-state index contributed by atoms with van der Waals surface area (Å²) in [4.78, 5) is 23.9. The predicted molar refractivity (Wildman–Crippen MR) is 78.8 cm³/mol. The predicted octanol–water partition coefficient (Wildman–Crippen LogP) is 0.429. The Balaban J connectivity index is 1.94. The highest BCUT2D eigenvalue weighted by atomic mass is 16.2. The van der Waals surface area contributed by atoms with Crippen molar-refractivity contribution in [3.05, 3.63) is 24.3 Å². The molecule has 6 nitrogen and oxygen atoms in total. The average Bonchev–Trinajstić information content (AvgIpc) is 2.90. The van der Waals surface area contributed by atoms with Gasteiger partial charge in [-0.1, -0.05) is 12.1 Å². The van der Waals surface area contributed by atoms with E-state index in [1.807, 2.05) is 24.3 Å². The van der Waals surface area contributed by atoms with Crippen LogP contribution in [-0.2, 0) is 4.79 Å². The van der Waals surface area contributed by atoms with Gasteiger partial charge >= 0.3 is 0 Å². The number of benzene rings is 1. The van der Waals surface area contributed by atoms with Crippen molar-refractivity contribution in [2.45, 2.75) is 6.04 Å². The molecule has 1 aromatic heterocycles. The van der Waals surface area contributed by atoms with Crippen LogP contribution in [0.2, 0.25) is 0 Å². The van der Waals surface area contributed by atoms with Gasteiger partial charge in [0.1, 0.15) is 6.04 Å². The molecule has 20 heavy (non-hydrogen) atoms. The van der Waals surface area contributed by atoms with Gasteiger partial charge in [-0.2, -0.15) is 0 Å². The topological polar surface area (TPSA) is 64.3 Å². The lowest BCUT2D eigenvalue weighted by Gasteiger charge is -2.36. The van der Waals surface area contributed by atoms with Crippen LogP contribution >= 0.6 is 0 Å². The number of hydrogen-bond donors (Lipinski definition) is 2. The Morgan fingerprint density at radius 1 is 1.40 bits per heavy atom. The third kappa shape index (κ3) is 2.22. The number of H-pyrrole nitrogens is 1. The normalized spacial score (nSPS) is 19.3. The Morgan fingerprint density at radius 2 is 2.20 bits per heavy atom. The van der Waals surface area contributed by atoms with Gasteiger partial charge in [0.05, 0.1) is 11.0 Å². The van der Waals surface area contributed by atoms with Gasteiger partial charge < -0.3 is 20.1 Å². The van der Waals surface area contributed by atoms with Crippen LogP contribution in [0.5, 0.6) is 0 Å². The Hall–Kier alpha value is -2.08. The molecular weight excluding hydrogens is 254 g/mol. The molecule has 1 unspecified atom stereocenters. The molecule has 2 N–H and O–H groups in total. The Labute approximate surface area is 117 Å². The quantitative estimate of drug-likeness (QED) is 0.833. The zero-order valence-corrected chi connectivity index (χ0v) is 11.8. The number of nitrogens with zero attached hydrogens (tertiary/aromatic N) is 3. The van der Waals surface area contributed by atoms with E-state index in [2.05, 4.69) is 20.2 Å². The molecule has 0 bridgehead atoms. The lowest BCUT2D eigenvalue weighted by Crippen LogP contribution is -2.58. The monoisotopic (exact) mass is 273 g/mol. The van der Waals surface area contributed by atoms with E-state index in [-0.39, 0.29) is 11.9 Å². The smallest absolute Gasteiger partial charge is 0.246 e. The van der Waals surface area contributed by atoms with Crippen LogP contribution in [-0.4, -0.2) is 60.5 Å². The molecule has 1 aliphatic rings. The fourth-order valence-corrected chi connectivity index (χ4v) is 2.55. The van der Waals surface area contributed by atoms with Crippen molar-refractivity contribution in [3.8, 4) is 0 Å². The molecule has 1 atom stereocenters. The Kier molecular flexibility index (Phi) is 3.31. The van der Waals surface area contributed by atoms with Crippen LogP contribution in [0.3, 0.4) is 0 Å². The van der Waals surface area contributed by atoms with Crippen LogP contribution in [0.1, 0.15) is 0 Å². The number of piperazine rings is 1. The molecule has 0 aliphatic carbocycles. The number of hydrogen-bond acceptors (Lipinski definition) is 4. The van der Waals surface area contributed by atoms with Crippen LogP contribution in [0, 0.1) is 0 Å². The number of aromatic nitrogens is 2. The second kappa shape index (κ2) is 5.13. The molecule has 1 aromatic carbocycles. The summed E-state index contributed by atoms with van der Waals surface area (Å²) in [6.07, 6.45) is 0. The number of fused-ring (bicyclic) bond motifs is 1. The Morgan fingerprint density at radius 3 is 2.95 bits per heavy atom. The minimum absolute atomic E-state index is 0.0951. The van der Waals surface area contributed by atoms with E-state index in [4.69, 9.17) is 0 Å². The maximum atomic E-state index is 12.3. The van der Waals surface area contributed by atoms with Crippen LogP contribution in [0.15, 0.2) is 24.3 Å². The van der Waals surface area contributed by atoms with E-state index in [0.29, 0.717) is 6.54 Å². The number of nitrogens with one attached hydrogen (secondary N) is 2. The van der Waals surface area contributed by atoms with Crippen molar-refractivity contribution in [1.29, 1.82) is 0 Å². The number of amides is 1. The molecule has 1 saturated heterocycles. The summed E-state index contributed by atoms with van der Waals surface area (Å²) in [7, 11) is 3.57. The standard InChI is InChI=1S/C14H19N5O/c1-18(2)13(20)12-9-15-7-8-19(12)14-16-10-5-3-4-6-11(10)17-14/h3-6,12,15H,7-9H2,1-2H3,(H,16,17). The second-order valence-corrected chi connectivity index (χ2v) is 5.22. The van der Waals surface area contributed by atoms with Gasteiger partial charge in [0, 0.05) is 33.7 Å². The van der Waals surface area contributed by atoms with E-state index >= 15 is 0 Å². The lowest BCUT2D eigenvalue weighted by atomic mass is 10.2. The number of rotatable bonds is 2. The van der Waals surface area contributed by atoms with Crippen molar-refractivity contribution in [1.82, 2.24) is 20.2 Å². The van der Waals surface area contributed by atoms with Gasteiger partial charge in [-0.05, 0) is 12.1 Å². The van der Waals surface area contributed by atoms with Crippen molar-refractivity contribution in [2.75, 3.05) is 38.6 Å². The summed E-state index contributed by atoms with van der Waals surface area (Å²) < 4.78 is 0. The SMILES string of the molecule is CN(C)C(=O)C1CNCCN1c1nc2ccccc2[nH]1. The molecular formula is C14H19N5O. The Bertz CT molecular complexity index is 588. The van der Waals surface area contributed by atoms with Gasteiger partial charge in [-0.25, -0.2) is 4.98 Å². The number of carbonyl (C=O) groups is 1. The first kappa shape index (κ1) is 12.9. The van der Waals surface area contributed by atoms with Crippen molar-refractivity contribution in [3.63, 3.8) is 0 Å². The molecule has 3 rings (SSSR count). The highest BCUT2D eigenvalue weighted by Crippen LogP contribution is 2.20. The molecule has 2 heterocycles. The number of anilines is 1. The minimum Gasteiger partial charge on any atom is -0.347 e. The maximum Gasteiger partial charge on any atom is 0.246 e. The summed E-state index contributed by atoms with van der Waals surface area (Å²) >= 11 is 0. The number of aromatic amines is 1. The molecule has 2 aromatic rings. The van der Waals surface area contributed by atoms with Crippen LogP contribution in [0.4, 0.5) is 5.95 Å². The van der Waals surface area contributed by atoms with Gasteiger partial charge in [-0.3, -0.25) is 4.79 Å². The lowest BCUT2D eigenvalue weighted by molar-refractivity contribution is -0.130. The van der Waals surface area contributed by atoms with E-state index in [1.165, 1.54) is 0 Å². The molecule has 0 spiro atoms. The maximum absolute atomic E-state index is 12.3. The first-order chi connectivity index (χ1) is 9.66. The van der Waals surface area contributed by atoms with Gasteiger partial charge in [0.15, 0.2) is 0 Å². The molecule has 0 radical (unpaired) electrons. The summed E-state index contributed by atoms with van der Waals surface area (Å²) in [5, 5.41) is 3.27. The van der Waals surface area contributed by atoms with E-state index in [1.54, 1.807) is 19.0 Å². The highest BCUT2D eigenvalue weighted by Gasteiger charge is 2.31. The molecule has 1 aliphatic heterocycles. The van der Waals surface area contributed by atoms with E-state index in [0.717, 1.165) is 30.1 Å². The fourth-order valence-electron chi connectivity index (χ4n) is 2.55. The van der Waals surface area contributed by atoms with Gasteiger partial charge in [-0.15, -0.1) is 0 Å². The third-order valence-electron chi connectivity index (χ3n) is 3.62. The highest BCUT2D eigenvalue weighted by molar-refractivity contribution is 5.86. The van der Waals surface area contributed by atoms with Gasteiger partial charge in [0.2, 0.25) is 11.9 Å². The molecule has 1 amide bonds.